The molecule has 11 heteroatoms. The van der Waals surface area contributed by atoms with Crippen LogP contribution in [0.2, 0.25) is 0 Å². The maximum Gasteiger partial charge on any atom is 0.326 e. The molecule has 0 radical (unpaired) electrons. The lowest BCUT2D eigenvalue weighted by atomic mass is 9.99. The van der Waals surface area contributed by atoms with E-state index >= 15 is 0 Å². The minimum atomic E-state index is -1.32. The van der Waals surface area contributed by atoms with Crippen LogP contribution in [0.1, 0.15) is 53.4 Å². The van der Waals surface area contributed by atoms with Crippen molar-refractivity contribution in [2.45, 2.75) is 77.5 Å². The van der Waals surface area contributed by atoms with Crippen molar-refractivity contribution in [1.82, 2.24) is 15.5 Å². The van der Waals surface area contributed by atoms with Crippen LogP contribution in [0.15, 0.2) is 0 Å². The van der Waals surface area contributed by atoms with Gasteiger partial charge in [0, 0.05) is 6.54 Å². The number of carbonyl (C=O) groups is 5. The summed E-state index contributed by atoms with van der Waals surface area (Å²) in [5.41, 5.74) is 5.58. The second-order valence-corrected chi connectivity index (χ2v) is 8.65. The third-order valence-corrected chi connectivity index (χ3v) is 5.12. The number of nitrogens with two attached hydrogens (primary N) is 1. The lowest BCUT2D eigenvalue weighted by Crippen LogP contribution is -2.58. The molecule has 4 unspecified atom stereocenters. The molecule has 1 fully saturated rings. The van der Waals surface area contributed by atoms with E-state index in [0.717, 1.165) is 0 Å². The van der Waals surface area contributed by atoms with Crippen LogP contribution in [0, 0.1) is 11.8 Å². The lowest BCUT2D eigenvalue weighted by molar-refractivity contribution is -0.150. The first-order valence-electron chi connectivity index (χ1n) is 10.5. The van der Waals surface area contributed by atoms with E-state index in [4.69, 9.17) is 10.8 Å². The van der Waals surface area contributed by atoms with Crippen LogP contribution in [0.5, 0.6) is 0 Å². The predicted molar refractivity (Wildman–Crippen MR) is 111 cm³/mol. The molecule has 31 heavy (non-hydrogen) atoms. The number of nitrogens with zero attached hydrogens (tertiary/aromatic N) is 1. The highest BCUT2D eigenvalue weighted by atomic mass is 16.4. The monoisotopic (exact) mass is 442 g/mol. The molecule has 1 rings (SSSR count). The zero-order chi connectivity index (χ0) is 23.9. The number of likely N-dealkylation sites (tertiary alicyclic amines) is 1. The van der Waals surface area contributed by atoms with Gasteiger partial charge in [0.05, 0.1) is 12.5 Å². The Balaban J connectivity index is 2.96. The molecule has 0 aromatic rings. The fraction of sp³-hybridized carbons (Fsp3) is 0.750. The van der Waals surface area contributed by atoms with Gasteiger partial charge in [0.25, 0.3) is 0 Å². The smallest absolute Gasteiger partial charge is 0.326 e. The summed E-state index contributed by atoms with van der Waals surface area (Å²) in [7, 11) is 0. The molecule has 1 aliphatic heterocycles. The number of nitrogens with one attached hydrogen (secondary N) is 2. The Morgan fingerprint density at radius 3 is 2.13 bits per heavy atom. The number of amides is 3. The van der Waals surface area contributed by atoms with Crippen molar-refractivity contribution in [1.29, 1.82) is 0 Å². The number of carboxylic acid groups (broad SMARTS) is 2. The molecule has 0 aromatic carbocycles. The molecule has 0 bridgehead atoms. The highest BCUT2D eigenvalue weighted by molar-refractivity contribution is 5.95. The average Bonchev–Trinajstić information content (AvgIpc) is 3.13. The Kier molecular flexibility index (Phi) is 9.89. The molecule has 6 N–H and O–H groups in total. The van der Waals surface area contributed by atoms with Crippen molar-refractivity contribution in [3.8, 4) is 0 Å². The summed E-state index contributed by atoms with van der Waals surface area (Å²) in [6.07, 6.45) is 0.584. The Labute approximate surface area is 181 Å². The van der Waals surface area contributed by atoms with E-state index in [1.54, 1.807) is 13.8 Å². The molecule has 0 spiro atoms. The topological polar surface area (TPSA) is 179 Å². The fourth-order valence-corrected chi connectivity index (χ4v) is 3.50. The van der Waals surface area contributed by atoms with Crippen LogP contribution in [0.25, 0.3) is 0 Å². The van der Waals surface area contributed by atoms with Crippen LogP contribution in [0.4, 0.5) is 0 Å². The molecule has 0 aliphatic carbocycles. The Morgan fingerprint density at radius 2 is 1.65 bits per heavy atom. The maximum atomic E-state index is 13.0. The van der Waals surface area contributed by atoms with Crippen LogP contribution in [-0.2, 0) is 24.0 Å². The molecule has 4 atom stereocenters. The molecule has 0 aromatic heterocycles. The van der Waals surface area contributed by atoms with Gasteiger partial charge in [0.2, 0.25) is 17.7 Å². The number of carbonyl (C=O) groups excluding carboxylic acids is 3. The molecule has 0 saturated carbocycles. The molecular weight excluding hydrogens is 408 g/mol. The summed E-state index contributed by atoms with van der Waals surface area (Å²) in [5, 5.41) is 23.3. The Bertz CT molecular complexity index is 695. The van der Waals surface area contributed by atoms with Crippen LogP contribution in [0.3, 0.4) is 0 Å². The van der Waals surface area contributed by atoms with E-state index in [0.29, 0.717) is 19.4 Å². The fourth-order valence-electron chi connectivity index (χ4n) is 3.50. The second-order valence-electron chi connectivity index (χ2n) is 8.65. The van der Waals surface area contributed by atoms with Gasteiger partial charge in [-0.15, -0.1) is 0 Å². The minimum Gasteiger partial charge on any atom is -0.481 e. The van der Waals surface area contributed by atoms with Crippen LogP contribution >= 0.6 is 0 Å². The van der Waals surface area contributed by atoms with Crippen molar-refractivity contribution in [2.75, 3.05) is 6.54 Å². The van der Waals surface area contributed by atoms with Gasteiger partial charge in [-0.2, -0.15) is 0 Å². The summed E-state index contributed by atoms with van der Waals surface area (Å²) in [5.74, 6) is -4.51. The zero-order valence-corrected chi connectivity index (χ0v) is 18.5. The molecule has 1 aliphatic rings. The van der Waals surface area contributed by atoms with E-state index in [1.807, 2.05) is 13.8 Å². The van der Waals surface area contributed by atoms with Gasteiger partial charge in [-0.05, 0) is 31.1 Å². The van der Waals surface area contributed by atoms with Crippen molar-refractivity contribution >= 4 is 29.7 Å². The average molecular weight is 443 g/mol. The highest BCUT2D eigenvalue weighted by Crippen LogP contribution is 2.20. The van der Waals surface area contributed by atoms with Crippen molar-refractivity contribution in [3.63, 3.8) is 0 Å². The van der Waals surface area contributed by atoms with E-state index in [2.05, 4.69) is 10.6 Å². The molecule has 3 amide bonds. The molecule has 11 nitrogen and oxygen atoms in total. The number of aliphatic carboxylic acids is 2. The number of hydrogen-bond acceptors (Lipinski definition) is 6. The van der Waals surface area contributed by atoms with E-state index in [9.17, 15) is 29.1 Å². The van der Waals surface area contributed by atoms with Crippen LogP contribution < -0.4 is 16.4 Å². The first kappa shape index (κ1) is 26.3. The molecule has 176 valence electrons. The second kappa shape index (κ2) is 11.6. The van der Waals surface area contributed by atoms with Crippen LogP contribution in [-0.4, -0.2) is 75.5 Å². The summed E-state index contributed by atoms with van der Waals surface area (Å²) in [6.45, 7) is 7.44. The maximum absolute atomic E-state index is 13.0. The largest absolute Gasteiger partial charge is 0.481 e. The van der Waals surface area contributed by atoms with Gasteiger partial charge in [-0.25, -0.2) is 4.79 Å². The summed E-state index contributed by atoms with van der Waals surface area (Å²) in [4.78, 5) is 61.7. The van der Waals surface area contributed by atoms with Gasteiger partial charge >= 0.3 is 11.9 Å². The van der Waals surface area contributed by atoms with Crippen molar-refractivity contribution in [2.24, 2.45) is 17.6 Å². The zero-order valence-electron chi connectivity index (χ0n) is 18.5. The normalized spacial score (nSPS) is 19.1. The summed E-state index contributed by atoms with van der Waals surface area (Å²) < 4.78 is 0. The van der Waals surface area contributed by atoms with E-state index in [-0.39, 0.29) is 18.3 Å². The first-order valence-corrected chi connectivity index (χ1v) is 10.5. The third kappa shape index (κ3) is 7.82. The highest BCUT2D eigenvalue weighted by Gasteiger charge is 2.39. The number of rotatable bonds is 11. The van der Waals surface area contributed by atoms with E-state index < -0.39 is 60.2 Å². The van der Waals surface area contributed by atoms with Gasteiger partial charge in [0.15, 0.2) is 0 Å². The van der Waals surface area contributed by atoms with Gasteiger partial charge in [-0.3, -0.25) is 19.2 Å². The minimum absolute atomic E-state index is 0.00919. The number of carboxylic acids is 2. The summed E-state index contributed by atoms with van der Waals surface area (Å²) in [6, 6.07) is -4.23. The molecule has 1 saturated heterocycles. The predicted octanol–water partition coefficient (Wildman–Crippen LogP) is -0.464. The summed E-state index contributed by atoms with van der Waals surface area (Å²) >= 11 is 0. The quantitative estimate of drug-likeness (QED) is 0.285. The Morgan fingerprint density at radius 1 is 1.03 bits per heavy atom. The Hall–Kier alpha value is -2.69. The third-order valence-electron chi connectivity index (χ3n) is 5.12. The lowest BCUT2D eigenvalue weighted by Gasteiger charge is -2.31. The molecule has 1 heterocycles. The van der Waals surface area contributed by atoms with E-state index in [1.165, 1.54) is 4.90 Å². The van der Waals surface area contributed by atoms with Crippen molar-refractivity contribution < 1.29 is 34.2 Å². The SMILES string of the molecule is CC(C)CC(NC(=O)C(N)CC(=O)O)C(=O)NC(C(=O)N1CCCC1C(=O)O)C(C)C. The molecular formula is C20H34N4O7. The van der Waals surface area contributed by atoms with Gasteiger partial charge < -0.3 is 31.5 Å². The standard InChI is InChI=1S/C20H34N4O7/c1-10(2)8-13(22-17(27)12(21)9-15(25)26)18(28)23-16(11(3)4)19(29)24-7-5-6-14(24)20(30)31/h10-14,16H,5-9,21H2,1-4H3,(H,22,27)(H,23,28)(H,25,26)(H,30,31). The van der Waals surface area contributed by atoms with Gasteiger partial charge in [0.1, 0.15) is 18.1 Å². The van der Waals surface area contributed by atoms with Crippen molar-refractivity contribution in [3.05, 3.63) is 0 Å². The number of hydrogen-bond donors (Lipinski definition) is 5. The van der Waals surface area contributed by atoms with Gasteiger partial charge in [-0.1, -0.05) is 27.7 Å². The first-order chi connectivity index (χ1) is 14.3.